The van der Waals surface area contributed by atoms with Crippen LogP contribution in [0, 0.1) is 11.8 Å². The molecule has 2 saturated carbocycles. The Morgan fingerprint density at radius 2 is 1.77 bits per heavy atom. The number of carbonyl (C=O) groups excluding carboxylic acids is 1. The molecule has 0 aromatic heterocycles. The summed E-state index contributed by atoms with van der Waals surface area (Å²) in [6.07, 6.45) is 6.19. The fourth-order valence-electron chi connectivity index (χ4n) is 4.61. The van der Waals surface area contributed by atoms with Gasteiger partial charge >= 0.3 is 5.97 Å². The molecule has 8 heteroatoms. The Labute approximate surface area is 178 Å². The van der Waals surface area contributed by atoms with Gasteiger partial charge in [-0.1, -0.05) is 18.2 Å². The predicted molar refractivity (Wildman–Crippen MR) is 115 cm³/mol. The monoisotopic (exact) mass is 436 g/mol. The zero-order chi connectivity index (χ0) is 21.9. The number of hydrogen-bond donors (Lipinski definition) is 2. The highest BCUT2D eigenvalue weighted by atomic mass is 32.2. The molecule has 166 valence electrons. The molecule has 1 amide bonds. The summed E-state index contributed by atoms with van der Waals surface area (Å²) in [5.41, 5.74) is 6.62. The van der Waals surface area contributed by atoms with Gasteiger partial charge in [0.25, 0.3) is 0 Å². The van der Waals surface area contributed by atoms with E-state index in [4.69, 9.17) is 5.73 Å². The smallest absolute Gasteiger partial charge is 0.335 e. The van der Waals surface area contributed by atoms with Crippen molar-refractivity contribution in [2.45, 2.75) is 62.8 Å². The van der Waals surface area contributed by atoms with Crippen molar-refractivity contribution in [3.8, 4) is 0 Å². The summed E-state index contributed by atoms with van der Waals surface area (Å²) in [4.78, 5) is 25.8. The van der Waals surface area contributed by atoms with Gasteiger partial charge in [0.1, 0.15) is 0 Å². The van der Waals surface area contributed by atoms with Crippen LogP contribution >= 0.6 is 0 Å². The lowest BCUT2D eigenvalue weighted by Crippen LogP contribution is -2.52. The zero-order valence-corrected chi connectivity index (χ0v) is 18.3. The number of rotatable bonds is 8. The molecule has 1 aromatic carbocycles. The summed E-state index contributed by atoms with van der Waals surface area (Å²) in [6.45, 7) is 0. The maximum atomic E-state index is 12.7. The largest absolute Gasteiger partial charge is 0.478 e. The molecule has 2 aliphatic rings. The lowest BCUT2D eigenvalue weighted by Gasteiger charge is -2.38. The Balaban J connectivity index is 1.52. The van der Waals surface area contributed by atoms with Gasteiger partial charge in [-0.05, 0) is 68.4 Å². The molecular formula is C22H32N2O5S. The van der Waals surface area contributed by atoms with E-state index in [0.29, 0.717) is 11.6 Å². The number of benzene rings is 1. The molecule has 0 radical (unpaired) electrons. The van der Waals surface area contributed by atoms with Crippen LogP contribution in [0.5, 0.6) is 0 Å². The first-order valence-corrected chi connectivity index (χ1v) is 12.5. The van der Waals surface area contributed by atoms with E-state index in [1.54, 1.807) is 23.1 Å². The van der Waals surface area contributed by atoms with Gasteiger partial charge in [-0.2, -0.15) is 0 Å². The number of carboxylic acid groups (broad SMARTS) is 1. The lowest BCUT2D eigenvalue weighted by atomic mass is 9.78. The van der Waals surface area contributed by atoms with Crippen LogP contribution in [0.1, 0.15) is 60.9 Å². The van der Waals surface area contributed by atoms with E-state index in [9.17, 15) is 23.1 Å². The highest BCUT2D eigenvalue weighted by Gasteiger charge is 2.35. The van der Waals surface area contributed by atoms with Crippen molar-refractivity contribution in [2.75, 3.05) is 12.8 Å². The van der Waals surface area contributed by atoms with Crippen molar-refractivity contribution in [1.29, 1.82) is 0 Å². The first-order valence-electron chi connectivity index (χ1n) is 10.7. The molecule has 0 bridgehead atoms. The van der Waals surface area contributed by atoms with E-state index in [2.05, 4.69) is 0 Å². The van der Waals surface area contributed by atoms with E-state index in [-0.39, 0.29) is 34.8 Å². The molecule has 30 heavy (non-hydrogen) atoms. The second-order valence-corrected chi connectivity index (χ2v) is 11.0. The third kappa shape index (κ3) is 5.40. The van der Waals surface area contributed by atoms with Gasteiger partial charge in [-0.3, -0.25) is 4.79 Å². The molecule has 0 aliphatic heterocycles. The van der Waals surface area contributed by atoms with Crippen molar-refractivity contribution >= 4 is 21.7 Å². The number of likely N-dealkylation sites (N-methyl/N-ethyl adjacent to an activating group) is 1. The average molecular weight is 437 g/mol. The Hall–Kier alpha value is -1.93. The minimum Gasteiger partial charge on any atom is -0.478 e. The van der Waals surface area contributed by atoms with Crippen LogP contribution < -0.4 is 5.73 Å². The van der Waals surface area contributed by atoms with E-state index in [0.717, 1.165) is 44.9 Å². The molecule has 1 atom stereocenters. The maximum absolute atomic E-state index is 12.7. The molecule has 0 spiro atoms. The summed E-state index contributed by atoms with van der Waals surface area (Å²) in [5.74, 6) is -1.23. The van der Waals surface area contributed by atoms with Crippen molar-refractivity contribution in [2.24, 2.45) is 17.6 Å². The van der Waals surface area contributed by atoms with Crippen LogP contribution in [0.2, 0.25) is 0 Å². The van der Waals surface area contributed by atoms with Gasteiger partial charge in [0, 0.05) is 13.1 Å². The van der Waals surface area contributed by atoms with Gasteiger partial charge in [-0.25, -0.2) is 13.2 Å². The van der Waals surface area contributed by atoms with Crippen molar-refractivity contribution in [3.05, 3.63) is 35.4 Å². The SMILES string of the molecule is CN(C(=O)[C@@H](N)C1CCC(CS(=O)(=O)Cc2ccccc2C(=O)O)CC1)C1CCC1. The normalized spacial score (nSPS) is 23.4. The zero-order valence-electron chi connectivity index (χ0n) is 17.5. The number of nitrogens with two attached hydrogens (primary N) is 1. The molecule has 0 saturated heterocycles. The van der Waals surface area contributed by atoms with Gasteiger partial charge in [-0.15, -0.1) is 0 Å². The molecule has 0 unspecified atom stereocenters. The van der Waals surface area contributed by atoms with Crippen LogP contribution in [0.25, 0.3) is 0 Å². The van der Waals surface area contributed by atoms with E-state index < -0.39 is 21.8 Å². The van der Waals surface area contributed by atoms with Crippen molar-refractivity contribution < 1.29 is 23.1 Å². The lowest BCUT2D eigenvalue weighted by molar-refractivity contribution is -0.136. The van der Waals surface area contributed by atoms with Crippen LogP contribution in [0.4, 0.5) is 0 Å². The average Bonchev–Trinajstić information content (AvgIpc) is 2.65. The minimum atomic E-state index is -3.43. The maximum Gasteiger partial charge on any atom is 0.335 e. The Bertz CT molecular complexity index is 873. The number of sulfone groups is 1. The molecule has 7 nitrogen and oxygen atoms in total. The number of carboxylic acids is 1. The number of nitrogens with zero attached hydrogens (tertiary/aromatic N) is 1. The summed E-state index contributed by atoms with van der Waals surface area (Å²) >= 11 is 0. The quantitative estimate of drug-likeness (QED) is 0.646. The van der Waals surface area contributed by atoms with Gasteiger partial charge in [0.2, 0.25) is 5.91 Å². The number of hydrogen-bond acceptors (Lipinski definition) is 5. The first kappa shape index (κ1) is 22.7. The second kappa shape index (κ2) is 9.47. The third-order valence-electron chi connectivity index (χ3n) is 6.77. The fraction of sp³-hybridized carbons (Fsp3) is 0.636. The van der Waals surface area contributed by atoms with Crippen LogP contribution in [0.3, 0.4) is 0 Å². The third-order valence-corrected chi connectivity index (χ3v) is 8.50. The van der Waals surface area contributed by atoms with Crippen molar-refractivity contribution in [1.82, 2.24) is 4.90 Å². The van der Waals surface area contributed by atoms with Crippen LogP contribution in [0.15, 0.2) is 24.3 Å². The summed E-state index contributed by atoms with van der Waals surface area (Å²) in [6, 6.07) is 6.03. The van der Waals surface area contributed by atoms with Crippen molar-refractivity contribution in [3.63, 3.8) is 0 Å². The van der Waals surface area contributed by atoms with Gasteiger partial charge in [0.05, 0.1) is 23.1 Å². The Kier molecular flexibility index (Phi) is 7.18. The highest BCUT2D eigenvalue weighted by Crippen LogP contribution is 2.33. The molecule has 1 aromatic rings. The molecule has 2 aliphatic carbocycles. The highest BCUT2D eigenvalue weighted by molar-refractivity contribution is 7.90. The van der Waals surface area contributed by atoms with E-state index in [1.807, 2.05) is 7.05 Å². The van der Waals surface area contributed by atoms with E-state index in [1.165, 1.54) is 6.07 Å². The molecule has 0 heterocycles. The number of amides is 1. The Morgan fingerprint density at radius 1 is 1.13 bits per heavy atom. The second-order valence-electron chi connectivity index (χ2n) is 8.86. The summed E-state index contributed by atoms with van der Waals surface area (Å²) < 4.78 is 25.4. The Morgan fingerprint density at radius 3 is 2.33 bits per heavy atom. The number of carbonyl (C=O) groups is 2. The molecule has 3 N–H and O–H groups in total. The first-order chi connectivity index (χ1) is 14.2. The summed E-state index contributed by atoms with van der Waals surface area (Å²) in [5, 5.41) is 9.26. The van der Waals surface area contributed by atoms with E-state index >= 15 is 0 Å². The molecule has 2 fully saturated rings. The molecular weight excluding hydrogens is 404 g/mol. The van der Waals surface area contributed by atoms with Gasteiger partial charge in [0.15, 0.2) is 9.84 Å². The van der Waals surface area contributed by atoms with Gasteiger partial charge < -0.3 is 15.7 Å². The molecule has 3 rings (SSSR count). The topological polar surface area (TPSA) is 118 Å². The summed E-state index contributed by atoms with van der Waals surface area (Å²) in [7, 11) is -1.60. The standard InChI is InChI=1S/C22H32N2O5S/c1-24(18-6-4-7-18)21(25)20(23)16-11-9-15(10-12-16)13-30(28,29)14-17-5-2-3-8-19(17)22(26)27/h2-3,5,8,15-16,18,20H,4,6-7,9-14,23H2,1H3,(H,26,27)/t15?,16?,20-/m0/s1. The van der Waals surface area contributed by atoms with Crippen LogP contribution in [-0.2, 0) is 20.4 Å². The minimum absolute atomic E-state index is 0.000971. The van der Waals surface area contributed by atoms with Crippen LogP contribution in [-0.4, -0.2) is 55.2 Å². The fourth-order valence-corrected chi connectivity index (χ4v) is 6.51. The number of aromatic carboxylic acids is 1. The predicted octanol–water partition coefficient (Wildman–Crippen LogP) is 2.44.